The number of ether oxygens (including phenoxy) is 2. The zero-order valence-corrected chi connectivity index (χ0v) is 17.5. The Morgan fingerprint density at radius 1 is 1.04 bits per heavy atom. The Morgan fingerprint density at radius 2 is 1.74 bits per heavy atom. The number of nitrogens with one attached hydrogen (secondary N) is 2. The lowest BCUT2D eigenvalue weighted by atomic mass is 10.2. The average molecular weight is 486 g/mol. The smallest absolute Gasteiger partial charge is 0.412 e. The van der Waals surface area contributed by atoms with Crippen molar-refractivity contribution in [2.75, 3.05) is 17.7 Å². The molecule has 0 atom stereocenters. The second-order valence-corrected chi connectivity index (χ2v) is 7.78. The molecule has 0 aliphatic heterocycles. The molecule has 0 saturated carbocycles. The highest BCUT2D eigenvalue weighted by Crippen LogP contribution is 2.28. The Kier molecular flexibility index (Phi) is 6.63. The number of methoxy groups -OCH3 is 1. The van der Waals surface area contributed by atoms with E-state index < -0.39 is 23.4 Å². The Morgan fingerprint density at radius 3 is 2.33 bits per heavy atom. The van der Waals surface area contributed by atoms with Gasteiger partial charge in [-0.2, -0.15) is 0 Å². The minimum atomic E-state index is -0.663. The topological polar surface area (TPSA) is 76.7 Å². The largest absolute Gasteiger partial charge is 0.497 e. The van der Waals surface area contributed by atoms with E-state index in [9.17, 15) is 14.0 Å². The van der Waals surface area contributed by atoms with Crippen LogP contribution in [-0.4, -0.2) is 24.7 Å². The molecule has 0 aliphatic rings. The van der Waals surface area contributed by atoms with Crippen molar-refractivity contribution in [2.24, 2.45) is 0 Å². The van der Waals surface area contributed by atoms with E-state index >= 15 is 0 Å². The molecule has 0 saturated heterocycles. The summed E-state index contributed by atoms with van der Waals surface area (Å²) in [5.74, 6) is -0.377. The summed E-state index contributed by atoms with van der Waals surface area (Å²) in [6.45, 7) is 5.25. The maximum Gasteiger partial charge on any atom is 0.412 e. The molecular weight excluding hydrogens is 466 g/mol. The predicted molar refractivity (Wildman–Crippen MR) is 110 cm³/mol. The van der Waals surface area contributed by atoms with Crippen LogP contribution in [0.2, 0.25) is 0 Å². The average Bonchev–Trinajstić information content (AvgIpc) is 2.54. The van der Waals surface area contributed by atoms with Crippen molar-refractivity contribution in [2.45, 2.75) is 26.4 Å². The van der Waals surface area contributed by atoms with Gasteiger partial charge in [0.15, 0.2) is 0 Å². The molecule has 8 heteroatoms. The molecule has 144 valence electrons. The summed E-state index contributed by atoms with van der Waals surface area (Å²) < 4.78 is 24.1. The first-order valence-electron chi connectivity index (χ1n) is 8.03. The lowest BCUT2D eigenvalue weighted by Crippen LogP contribution is -2.27. The molecule has 0 radical (unpaired) electrons. The quantitative estimate of drug-likeness (QED) is 0.594. The van der Waals surface area contributed by atoms with E-state index in [4.69, 9.17) is 9.47 Å². The van der Waals surface area contributed by atoms with Gasteiger partial charge in [-0.25, -0.2) is 9.18 Å². The van der Waals surface area contributed by atoms with Crippen molar-refractivity contribution in [3.8, 4) is 5.75 Å². The first kappa shape index (κ1) is 20.9. The Bertz CT molecular complexity index is 865. The third kappa shape index (κ3) is 6.09. The summed E-state index contributed by atoms with van der Waals surface area (Å²) in [4.78, 5) is 24.7. The highest BCUT2D eigenvalue weighted by atomic mass is 127. The molecule has 0 unspecified atom stereocenters. The maximum absolute atomic E-state index is 13.3. The molecule has 0 fully saturated rings. The maximum atomic E-state index is 13.3. The fraction of sp³-hybridized carbons (Fsp3) is 0.263. The van der Waals surface area contributed by atoms with Crippen molar-refractivity contribution in [1.82, 2.24) is 0 Å². The molecule has 0 spiro atoms. The van der Waals surface area contributed by atoms with Gasteiger partial charge in [0.25, 0.3) is 5.91 Å². The molecule has 2 aromatic carbocycles. The predicted octanol–water partition coefficient (Wildman–Crippen LogP) is 5.04. The molecule has 0 heterocycles. The van der Waals surface area contributed by atoms with Crippen molar-refractivity contribution < 1.29 is 23.5 Å². The van der Waals surface area contributed by atoms with Gasteiger partial charge in [-0.3, -0.25) is 10.1 Å². The number of anilines is 2. The molecule has 0 aliphatic carbocycles. The zero-order chi connectivity index (χ0) is 20.2. The van der Waals surface area contributed by atoms with E-state index in [1.807, 2.05) is 22.6 Å². The minimum Gasteiger partial charge on any atom is -0.497 e. The van der Waals surface area contributed by atoms with Crippen molar-refractivity contribution in [3.05, 3.63) is 51.3 Å². The highest BCUT2D eigenvalue weighted by molar-refractivity contribution is 14.1. The van der Waals surface area contributed by atoms with Gasteiger partial charge >= 0.3 is 6.09 Å². The van der Waals surface area contributed by atoms with E-state index in [1.54, 1.807) is 39.0 Å². The molecular formula is C19H20FIN2O4. The van der Waals surface area contributed by atoms with Crippen molar-refractivity contribution in [1.29, 1.82) is 0 Å². The normalized spacial score (nSPS) is 10.9. The van der Waals surface area contributed by atoms with Crippen LogP contribution in [0.1, 0.15) is 31.1 Å². The monoisotopic (exact) mass is 486 g/mol. The summed E-state index contributed by atoms with van der Waals surface area (Å²) in [6.07, 6.45) is -0.653. The van der Waals surface area contributed by atoms with E-state index in [2.05, 4.69) is 10.6 Å². The third-order valence-electron chi connectivity index (χ3n) is 3.29. The summed E-state index contributed by atoms with van der Waals surface area (Å²) in [7, 11) is 1.49. The molecule has 0 aromatic heterocycles. The number of hydrogen-bond acceptors (Lipinski definition) is 4. The van der Waals surface area contributed by atoms with E-state index in [0.717, 1.165) is 0 Å². The summed E-state index contributed by atoms with van der Waals surface area (Å²) >= 11 is 1.89. The van der Waals surface area contributed by atoms with Crippen molar-refractivity contribution >= 4 is 46.0 Å². The van der Waals surface area contributed by atoms with Gasteiger partial charge in [-0.05, 0) is 73.7 Å². The van der Waals surface area contributed by atoms with Gasteiger partial charge < -0.3 is 14.8 Å². The van der Waals surface area contributed by atoms with Gasteiger partial charge in [-0.1, -0.05) is 0 Å². The fourth-order valence-corrected chi connectivity index (χ4v) is 2.86. The van der Waals surface area contributed by atoms with Crippen LogP contribution >= 0.6 is 22.6 Å². The number of amides is 2. The van der Waals surface area contributed by atoms with Crippen LogP contribution in [0.4, 0.5) is 20.6 Å². The second kappa shape index (κ2) is 8.55. The van der Waals surface area contributed by atoms with Crippen molar-refractivity contribution in [3.63, 3.8) is 0 Å². The molecule has 2 amide bonds. The zero-order valence-electron chi connectivity index (χ0n) is 15.4. The summed E-state index contributed by atoms with van der Waals surface area (Å²) in [5.41, 5.74) is 0.313. The molecule has 27 heavy (non-hydrogen) atoms. The number of rotatable bonds is 4. The lowest BCUT2D eigenvalue weighted by Gasteiger charge is -2.21. The standard InChI is InChI=1S/C19H20FIN2O4/c1-19(2,3)27-18(25)23-15-8-6-12(26-4)10-16(15)22-17(24)13-7-5-11(20)9-14(13)21/h5-10H,1-4H3,(H,22,24)(H,23,25). The molecule has 2 rings (SSSR count). The molecule has 0 bridgehead atoms. The Hall–Kier alpha value is -2.36. The van der Waals surface area contributed by atoms with Crippen LogP contribution in [0, 0.1) is 9.39 Å². The van der Waals surface area contributed by atoms with Crippen LogP contribution in [0.25, 0.3) is 0 Å². The first-order chi connectivity index (χ1) is 12.6. The molecule has 6 nitrogen and oxygen atoms in total. The summed E-state index contributed by atoms with van der Waals surface area (Å²) in [6, 6.07) is 8.68. The second-order valence-electron chi connectivity index (χ2n) is 6.62. The number of carbonyl (C=O) groups is 2. The SMILES string of the molecule is COc1ccc(NC(=O)OC(C)(C)C)c(NC(=O)c2ccc(F)cc2I)c1. The molecule has 2 N–H and O–H groups in total. The van der Waals surface area contributed by atoms with Crippen LogP contribution in [0.15, 0.2) is 36.4 Å². The number of carbonyl (C=O) groups excluding carboxylic acids is 2. The number of halogens is 2. The van der Waals surface area contributed by atoms with E-state index in [-0.39, 0.29) is 0 Å². The number of benzene rings is 2. The Labute approximate surface area is 170 Å². The minimum absolute atomic E-state index is 0.308. The summed E-state index contributed by atoms with van der Waals surface area (Å²) in [5, 5.41) is 5.32. The third-order valence-corrected chi connectivity index (χ3v) is 4.18. The van der Waals surface area contributed by atoms with Crippen LogP contribution < -0.4 is 15.4 Å². The van der Waals surface area contributed by atoms with Crippen LogP contribution in [0.3, 0.4) is 0 Å². The van der Waals surface area contributed by atoms with Crippen LogP contribution in [-0.2, 0) is 4.74 Å². The molecule has 2 aromatic rings. The van der Waals surface area contributed by atoms with E-state index in [1.165, 1.54) is 25.3 Å². The highest BCUT2D eigenvalue weighted by Gasteiger charge is 2.19. The van der Waals surface area contributed by atoms with E-state index in [0.29, 0.717) is 26.3 Å². The number of hydrogen-bond donors (Lipinski definition) is 2. The first-order valence-corrected chi connectivity index (χ1v) is 9.11. The Balaban J connectivity index is 2.28. The van der Waals surface area contributed by atoms with Gasteiger partial charge in [0.05, 0.1) is 24.0 Å². The van der Waals surface area contributed by atoms with Gasteiger partial charge in [0.1, 0.15) is 17.2 Å². The van der Waals surface area contributed by atoms with Crippen LogP contribution in [0.5, 0.6) is 5.75 Å². The fourth-order valence-electron chi connectivity index (χ4n) is 2.14. The van der Waals surface area contributed by atoms with Gasteiger partial charge in [0, 0.05) is 9.64 Å². The lowest BCUT2D eigenvalue weighted by molar-refractivity contribution is 0.0635. The van der Waals surface area contributed by atoms with Gasteiger partial charge in [-0.15, -0.1) is 0 Å². The van der Waals surface area contributed by atoms with Gasteiger partial charge in [0.2, 0.25) is 0 Å².